The zero-order valence-corrected chi connectivity index (χ0v) is 13.8. The number of rotatable bonds is 6. The Bertz CT molecular complexity index is 644. The van der Waals surface area contributed by atoms with Crippen LogP contribution in [0.2, 0.25) is 0 Å². The van der Waals surface area contributed by atoms with Gasteiger partial charge in [0.2, 0.25) is 0 Å². The van der Waals surface area contributed by atoms with E-state index in [-0.39, 0.29) is 24.9 Å². The average Bonchev–Trinajstić information content (AvgIpc) is 3.10. The summed E-state index contributed by atoms with van der Waals surface area (Å²) >= 11 is 0. The van der Waals surface area contributed by atoms with Crippen LogP contribution < -0.4 is 10.5 Å². The number of aryl methyl sites for hydroxylation is 1. The maximum absolute atomic E-state index is 9.29. The molecule has 0 spiro atoms. The standard InChI is InChI=1S/C17H24N4O3/c1-23-13-4-2-12(3-5-13)16-10-21(20-19-16)9-8-14-6-7-15(18)17(11-22)24-14/h2-5,10,14-15,17,22H,6-9,11,18H2,1H3/t14-,15+,17-/m0/s1. The highest BCUT2D eigenvalue weighted by molar-refractivity contribution is 5.58. The second-order valence-corrected chi connectivity index (χ2v) is 6.10. The topological polar surface area (TPSA) is 95.4 Å². The Labute approximate surface area is 141 Å². The van der Waals surface area contributed by atoms with E-state index in [0.29, 0.717) is 0 Å². The predicted molar refractivity (Wildman–Crippen MR) is 89.6 cm³/mol. The number of methoxy groups -OCH3 is 1. The van der Waals surface area contributed by atoms with Crippen LogP contribution in [0.1, 0.15) is 19.3 Å². The number of aromatic nitrogens is 3. The minimum Gasteiger partial charge on any atom is -0.497 e. The molecule has 7 heteroatoms. The highest BCUT2D eigenvalue weighted by Crippen LogP contribution is 2.22. The van der Waals surface area contributed by atoms with E-state index in [9.17, 15) is 5.11 Å². The zero-order chi connectivity index (χ0) is 16.9. The molecule has 1 fully saturated rings. The first-order valence-corrected chi connectivity index (χ1v) is 8.26. The minimum atomic E-state index is -0.255. The molecule has 1 aliphatic heterocycles. The SMILES string of the molecule is COc1ccc(-c2cn(CC[C@@H]3CC[C@@H](N)[C@H](CO)O3)nn2)cc1. The maximum atomic E-state index is 9.29. The summed E-state index contributed by atoms with van der Waals surface area (Å²) in [6.45, 7) is 0.698. The van der Waals surface area contributed by atoms with Gasteiger partial charge in [-0.1, -0.05) is 5.21 Å². The lowest BCUT2D eigenvalue weighted by Crippen LogP contribution is -2.46. The Kier molecular flexibility index (Phi) is 5.44. The lowest BCUT2D eigenvalue weighted by atomic mass is 9.98. The summed E-state index contributed by atoms with van der Waals surface area (Å²) in [5.74, 6) is 0.817. The van der Waals surface area contributed by atoms with Crippen molar-refractivity contribution in [1.82, 2.24) is 15.0 Å². The van der Waals surface area contributed by atoms with Crippen molar-refractivity contribution < 1.29 is 14.6 Å². The van der Waals surface area contributed by atoms with Crippen molar-refractivity contribution >= 4 is 0 Å². The number of hydrogen-bond acceptors (Lipinski definition) is 6. The summed E-state index contributed by atoms with van der Waals surface area (Å²) in [7, 11) is 1.65. The van der Waals surface area contributed by atoms with Crippen molar-refractivity contribution in [1.29, 1.82) is 0 Å². The van der Waals surface area contributed by atoms with Gasteiger partial charge in [0, 0.05) is 18.2 Å². The van der Waals surface area contributed by atoms with Crippen molar-refractivity contribution in [3.8, 4) is 17.0 Å². The van der Waals surface area contributed by atoms with Gasteiger partial charge < -0.3 is 20.3 Å². The quantitative estimate of drug-likeness (QED) is 0.825. The van der Waals surface area contributed by atoms with E-state index in [0.717, 1.165) is 42.8 Å². The highest BCUT2D eigenvalue weighted by Gasteiger charge is 2.28. The first-order valence-electron chi connectivity index (χ1n) is 8.26. The first kappa shape index (κ1) is 16.9. The number of nitrogens with two attached hydrogens (primary N) is 1. The number of hydrogen-bond donors (Lipinski definition) is 2. The molecule has 2 heterocycles. The van der Waals surface area contributed by atoms with E-state index in [1.807, 2.05) is 35.1 Å². The fourth-order valence-electron chi connectivity index (χ4n) is 2.95. The third kappa shape index (κ3) is 3.92. The molecule has 7 nitrogen and oxygen atoms in total. The molecular formula is C17H24N4O3. The summed E-state index contributed by atoms with van der Waals surface area (Å²) in [6.07, 6.45) is 4.40. The zero-order valence-electron chi connectivity index (χ0n) is 13.8. The molecule has 3 rings (SSSR count). The fourth-order valence-corrected chi connectivity index (χ4v) is 2.95. The summed E-state index contributed by atoms with van der Waals surface area (Å²) in [6, 6.07) is 7.67. The molecule has 0 radical (unpaired) electrons. The monoisotopic (exact) mass is 332 g/mol. The van der Waals surface area contributed by atoms with Crippen LogP contribution in [-0.2, 0) is 11.3 Å². The molecule has 3 atom stereocenters. The molecular weight excluding hydrogens is 308 g/mol. The third-order valence-electron chi connectivity index (χ3n) is 4.45. The lowest BCUT2D eigenvalue weighted by Gasteiger charge is -2.33. The van der Waals surface area contributed by atoms with Crippen LogP contribution in [0.3, 0.4) is 0 Å². The second kappa shape index (κ2) is 7.74. The van der Waals surface area contributed by atoms with Crippen LogP contribution in [0.4, 0.5) is 0 Å². The number of benzene rings is 1. The van der Waals surface area contributed by atoms with Gasteiger partial charge in [-0.15, -0.1) is 5.10 Å². The van der Waals surface area contributed by atoms with Crippen LogP contribution >= 0.6 is 0 Å². The Morgan fingerprint density at radius 2 is 2.12 bits per heavy atom. The minimum absolute atomic E-state index is 0.0252. The van der Waals surface area contributed by atoms with E-state index in [2.05, 4.69) is 10.3 Å². The molecule has 1 aromatic heterocycles. The van der Waals surface area contributed by atoms with E-state index >= 15 is 0 Å². The van der Waals surface area contributed by atoms with Gasteiger partial charge in [-0.3, -0.25) is 4.68 Å². The Morgan fingerprint density at radius 3 is 2.83 bits per heavy atom. The largest absolute Gasteiger partial charge is 0.497 e. The molecule has 0 aliphatic carbocycles. The van der Waals surface area contributed by atoms with Gasteiger partial charge in [-0.25, -0.2) is 0 Å². The average molecular weight is 332 g/mol. The molecule has 0 saturated carbocycles. The van der Waals surface area contributed by atoms with Crippen molar-refractivity contribution in [3.63, 3.8) is 0 Å². The van der Waals surface area contributed by atoms with Crippen molar-refractivity contribution in [2.45, 2.75) is 44.1 Å². The molecule has 3 N–H and O–H groups in total. The highest BCUT2D eigenvalue weighted by atomic mass is 16.5. The van der Waals surface area contributed by atoms with Gasteiger partial charge in [0.05, 0.1) is 32.1 Å². The number of aliphatic hydroxyl groups is 1. The fraction of sp³-hybridized carbons (Fsp3) is 0.529. The molecule has 0 amide bonds. The molecule has 1 aromatic carbocycles. The second-order valence-electron chi connectivity index (χ2n) is 6.10. The molecule has 1 saturated heterocycles. The van der Waals surface area contributed by atoms with Crippen molar-refractivity contribution in [2.24, 2.45) is 5.73 Å². The van der Waals surface area contributed by atoms with Crippen LogP contribution in [0.5, 0.6) is 5.75 Å². The van der Waals surface area contributed by atoms with Crippen molar-refractivity contribution in [3.05, 3.63) is 30.5 Å². The summed E-state index contributed by atoms with van der Waals surface area (Å²) in [4.78, 5) is 0. The van der Waals surface area contributed by atoms with E-state index in [1.165, 1.54) is 0 Å². The van der Waals surface area contributed by atoms with Crippen LogP contribution in [0.25, 0.3) is 11.3 Å². The predicted octanol–water partition coefficient (Wildman–Crippen LogP) is 1.21. The molecule has 2 aromatic rings. The van der Waals surface area contributed by atoms with Gasteiger partial charge in [0.15, 0.2) is 0 Å². The number of nitrogens with zero attached hydrogens (tertiary/aromatic N) is 3. The van der Waals surface area contributed by atoms with Gasteiger partial charge in [0.25, 0.3) is 0 Å². The molecule has 0 unspecified atom stereocenters. The maximum Gasteiger partial charge on any atom is 0.118 e. The molecule has 0 bridgehead atoms. The number of aliphatic hydroxyl groups excluding tert-OH is 1. The van der Waals surface area contributed by atoms with Gasteiger partial charge >= 0.3 is 0 Å². The van der Waals surface area contributed by atoms with Crippen LogP contribution in [-0.4, -0.2) is 52.1 Å². The Morgan fingerprint density at radius 1 is 1.33 bits per heavy atom. The van der Waals surface area contributed by atoms with E-state index < -0.39 is 0 Å². The Hall–Kier alpha value is -1.96. The molecule has 1 aliphatic rings. The lowest BCUT2D eigenvalue weighted by molar-refractivity contribution is -0.0861. The van der Waals surface area contributed by atoms with E-state index in [4.69, 9.17) is 15.2 Å². The normalized spacial score (nSPS) is 24.0. The molecule has 24 heavy (non-hydrogen) atoms. The third-order valence-corrected chi connectivity index (χ3v) is 4.45. The summed E-state index contributed by atoms with van der Waals surface area (Å²) in [5.41, 5.74) is 7.76. The van der Waals surface area contributed by atoms with Gasteiger partial charge in [0.1, 0.15) is 11.4 Å². The van der Waals surface area contributed by atoms with E-state index in [1.54, 1.807) is 7.11 Å². The van der Waals surface area contributed by atoms with Crippen molar-refractivity contribution in [2.75, 3.05) is 13.7 Å². The van der Waals surface area contributed by atoms with Crippen LogP contribution in [0, 0.1) is 0 Å². The first-order chi connectivity index (χ1) is 11.7. The van der Waals surface area contributed by atoms with Gasteiger partial charge in [-0.2, -0.15) is 0 Å². The summed E-state index contributed by atoms with van der Waals surface area (Å²) < 4.78 is 12.8. The smallest absolute Gasteiger partial charge is 0.118 e. The summed E-state index contributed by atoms with van der Waals surface area (Å²) in [5, 5.41) is 17.7. The van der Waals surface area contributed by atoms with Crippen LogP contribution in [0.15, 0.2) is 30.5 Å². The Balaban J connectivity index is 1.56. The number of ether oxygens (including phenoxy) is 2. The van der Waals surface area contributed by atoms with Gasteiger partial charge in [-0.05, 0) is 43.5 Å². The molecule has 130 valence electrons.